The van der Waals surface area contributed by atoms with Crippen molar-refractivity contribution in [2.24, 2.45) is 5.92 Å². The summed E-state index contributed by atoms with van der Waals surface area (Å²) in [5.41, 5.74) is 1.19. The first-order valence-corrected chi connectivity index (χ1v) is 11.0. The minimum atomic E-state index is -3.56. The maximum atomic E-state index is 12.8. The third-order valence-electron chi connectivity index (χ3n) is 4.78. The molecular weight excluding hydrogens is 400 g/mol. The number of rotatable bonds is 6. The van der Waals surface area contributed by atoms with E-state index < -0.39 is 15.9 Å². The number of methoxy groups -OCH3 is 1. The zero-order chi connectivity index (χ0) is 20.1. The maximum absolute atomic E-state index is 12.8. The van der Waals surface area contributed by atoms with E-state index in [4.69, 9.17) is 16.3 Å². The fraction of sp³-hybridized carbons (Fsp3) is 0.350. The summed E-state index contributed by atoms with van der Waals surface area (Å²) in [6.45, 7) is 0.582. The van der Waals surface area contributed by atoms with Crippen LogP contribution in [-0.2, 0) is 20.6 Å². The SMILES string of the molecule is COc1cccc(NC(=O)C2CCCN(S(=O)(=O)Cc3ccccc3Cl)C2)c1. The van der Waals surface area contributed by atoms with Crippen molar-refractivity contribution in [3.05, 3.63) is 59.1 Å². The van der Waals surface area contributed by atoms with Crippen molar-refractivity contribution < 1.29 is 17.9 Å². The van der Waals surface area contributed by atoms with Crippen molar-refractivity contribution in [1.29, 1.82) is 0 Å². The monoisotopic (exact) mass is 422 g/mol. The minimum Gasteiger partial charge on any atom is -0.497 e. The molecule has 1 aliphatic heterocycles. The lowest BCUT2D eigenvalue weighted by atomic mass is 9.98. The number of benzene rings is 2. The van der Waals surface area contributed by atoms with E-state index in [1.54, 1.807) is 55.6 Å². The second kappa shape index (κ2) is 8.94. The molecule has 0 radical (unpaired) electrons. The van der Waals surface area contributed by atoms with Crippen molar-refractivity contribution in [2.75, 3.05) is 25.5 Å². The molecule has 1 fully saturated rings. The topological polar surface area (TPSA) is 75.7 Å². The van der Waals surface area contributed by atoms with E-state index in [0.717, 1.165) is 0 Å². The first-order chi connectivity index (χ1) is 13.4. The Balaban J connectivity index is 1.67. The number of ether oxygens (including phenoxy) is 1. The molecule has 150 valence electrons. The summed E-state index contributed by atoms with van der Waals surface area (Å²) >= 11 is 6.11. The summed E-state index contributed by atoms with van der Waals surface area (Å²) in [4.78, 5) is 12.7. The van der Waals surface area contributed by atoms with Crippen LogP contribution in [0.1, 0.15) is 18.4 Å². The highest BCUT2D eigenvalue weighted by molar-refractivity contribution is 7.88. The van der Waals surface area contributed by atoms with E-state index in [2.05, 4.69) is 5.32 Å². The van der Waals surface area contributed by atoms with Crippen molar-refractivity contribution in [3.63, 3.8) is 0 Å². The van der Waals surface area contributed by atoms with E-state index in [0.29, 0.717) is 41.4 Å². The summed E-state index contributed by atoms with van der Waals surface area (Å²) in [6.07, 6.45) is 1.28. The zero-order valence-electron chi connectivity index (χ0n) is 15.6. The number of hydrogen-bond acceptors (Lipinski definition) is 4. The van der Waals surface area contributed by atoms with Crippen LogP contribution in [-0.4, -0.2) is 38.8 Å². The van der Waals surface area contributed by atoms with Crippen LogP contribution in [0.2, 0.25) is 5.02 Å². The number of anilines is 1. The number of amides is 1. The van der Waals surface area contributed by atoms with Gasteiger partial charge in [0.05, 0.1) is 18.8 Å². The van der Waals surface area contributed by atoms with Gasteiger partial charge in [0.15, 0.2) is 0 Å². The average Bonchev–Trinajstić information content (AvgIpc) is 2.70. The van der Waals surface area contributed by atoms with Crippen LogP contribution in [0.25, 0.3) is 0 Å². The Bertz CT molecular complexity index is 949. The third kappa shape index (κ3) is 5.04. The average molecular weight is 423 g/mol. The Morgan fingerprint density at radius 3 is 2.79 bits per heavy atom. The van der Waals surface area contributed by atoms with Crippen molar-refractivity contribution in [3.8, 4) is 5.75 Å². The van der Waals surface area contributed by atoms with E-state index in [1.807, 2.05) is 0 Å². The molecule has 1 unspecified atom stereocenters. The lowest BCUT2D eigenvalue weighted by Gasteiger charge is -2.31. The van der Waals surface area contributed by atoms with Gasteiger partial charge in [-0.1, -0.05) is 35.9 Å². The molecule has 1 N–H and O–H groups in total. The van der Waals surface area contributed by atoms with Gasteiger partial charge in [-0.25, -0.2) is 12.7 Å². The molecule has 2 aromatic rings. The predicted molar refractivity (Wildman–Crippen MR) is 110 cm³/mol. The third-order valence-corrected chi connectivity index (χ3v) is 6.94. The van der Waals surface area contributed by atoms with Gasteiger partial charge in [0.25, 0.3) is 0 Å². The highest BCUT2D eigenvalue weighted by Crippen LogP contribution is 2.25. The molecule has 1 aliphatic rings. The largest absolute Gasteiger partial charge is 0.497 e. The van der Waals surface area contributed by atoms with E-state index >= 15 is 0 Å². The molecule has 8 heteroatoms. The first kappa shape index (κ1) is 20.6. The fourth-order valence-electron chi connectivity index (χ4n) is 3.26. The van der Waals surface area contributed by atoms with E-state index in [1.165, 1.54) is 4.31 Å². The number of sulfonamides is 1. The van der Waals surface area contributed by atoms with Gasteiger partial charge in [0, 0.05) is 29.9 Å². The Morgan fingerprint density at radius 1 is 1.25 bits per heavy atom. The minimum absolute atomic E-state index is 0.169. The van der Waals surface area contributed by atoms with Crippen molar-refractivity contribution in [2.45, 2.75) is 18.6 Å². The van der Waals surface area contributed by atoms with Crippen molar-refractivity contribution in [1.82, 2.24) is 4.31 Å². The van der Waals surface area contributed by atoms with Gasteiger partial charge in [0.2, 0.25) is 15.9 Å². The normalized spacial score (nSPS) is 17.9. The summed E-state index contributed by atoms with van der Waals surface area (Å²) in [7, 11) is -2.00. The van der Waals surface area contributed by atoms with Crippen LogP contribution in [0.4, 0.5) is 5.69 Å². The number of piperidine rings is 1. The molecule has 0 spiro atoms. The van der Waals surface area contributed by atoms with Gasteiger partial charge in [0.1, 0.15) is 5.75 Å². The zero-order valence-corrected chi connectivity index (χ0v) is 17.2. The Labute approximate surface area is 170 Å². The van der Waals surface area contributed by atoms with Crippen LogP contribution in [0.3, 0.4) is 0 Å². The number of nitrogens with one attached hydrogen (secondary N) is 1. The molecule has 1 saturated heterocycles. The molecule has 1 atom stereocenters. The Morgan fingerprint density at radius 2 is 2.04 bits per heavy atom. The second-order valence-corrected chi connectivity index (χ2v) is 9.14. The van der Waals surface area contributed by atoms with Crippen LogP contribution in [0.5, 0.6) is 5.75 Å². The molecule has 0 aromatic heterocycles. The highest BCUT2D eigenvalue weighted by Gasteiger charge is 2.32. The molecule has 6 nitrogen and oxygen atoms in total. The van der Waals surface area contributed by atoms with Crippen molar-refractivity contribution >= 4 is 33.2 Å². The molecule has 2 aromatic carbocycles. The molecule has 1 amide bonds. The van der Waals surface area contributed by atoms with Gasteiger partial charge in [-0.2, -0.15) is 0 Å². The van der Waals surface area contributed by atoms with Gasteiger partial charge in [-0.15, -0.1) is 0 Å². The van der Waals surface area contributed by atoms with Crippen LogP contribution in [0.15, 0.2) is 48.5 Å². The predicted octanol–water partition coefficient (Wildman–Crippen LogP) is 3.53. The Hall–Kier alpha value is -2.09. The van der Waals surface area contributed by atoms with Crippen LogP contribution < -0.4 is 10.1 Å². The van der Waals surface area contributed by atoms with Gasteiger partial charge < -0.3 is 10.1 Å². The lowest BCUT2D eigenvalue weighted by molar-refractivity contribution is -0.120. The molecule has 0 bridgehead atoms. The summed E-state index contributed by atoms with van der Waals surface area (Å²) in [6, 6.07) is 14.0. The summed E-state index contributed by atoms with van der Waals surface area (Å²) in [5, 5.41) is 3.28. The molecular formula is C20H23ClN2O4S. The first-order valence-electron chi connectivity index (χ1n) is 9.05. The van der Waals surface area contributed by atoms with Crippen LogP contribution >= 0.6 is 11.6 Å². The molecule has 1 heterocycles. The fourth-order valence-corrected chi connectivity index (χ4v) is 5.18. The summed E-state index contributed by atoms with van der Waals surface area (Å²) in [5.74, 6) is -0.117. The van der Waals surface area contributed by atoms with Gasteiger partial charge in [-0.05, 0) is 36.6 Å². The molecule has 0 saturated carbocycles. The lowest BCUT2D eigenvalue weighted by Crippen LogP contribution is -2.44. The quantitative estimate of drug-likeness (QED) is 0.772. The molecule has 28 heavy (non-hydrogen) atoms. The smallest absolute Gasteiger partial charge is 0.228 e. The molecule has 3 rings (SSSR count). The number of halogens is 1. The van der Waals surface area contributed by atoms with E-state index in [9.17, 15) is 13.2 Å². The highest BCUT2D eigenvalue weighted by atomic mass is 35.5. The van der Waals surface area contributed by atoms with Gasteiger partial charge >= 0.3 is 0 Å². The van der Waals surface area contributed by atoms with Crippen LogP contribution in [0, 0.1) is 5.92 Å². The number of hydrogen-bond donors (Lipinski definition) is 1. The summed E-state index contributed by atoms with van der Waals surface area (Å²) < 4.78 is 32.2. The standard InChI is InChI=1S/C20H23ClN2O4S/c1-27-18-9-4-8-17(12-18)22-20(24)15-7-5-11-23(13-15)28(25,26)14-16-6-2-3-10-19(16)21/h2-4,6,8-10,12,15H,5,7,11,13-14H2,1H3,(H,22,24). The second-order valence-electron chi connectivity index (χ2n) is 6.77. The van der Waals surface area contributed by atoms with Gasteiger partial charge in [-0.3, -0.25) is 4.79 Å². The number of carbonyl (C=O) groups is 1. The number of nitrogens with zero attached hydrogens (tertiary/aromatic N) is 1. The maximum Gasteiger partial charge on any atom is 0.228 e. The Kier molecular flexibility index (Phi) is 6.59. The number of carbonyl (C=O) groups excluding carboxylic acids is 1. The van der Waals surface area contributed by atoms with E-state index in [-0.39, 0.29) is 18.2 Å². The molecule has 0 aliphatic carbocycles.